The standard InChI is InChI=1S/C24H18N6O3/c1-2-20(31)29-17-7-4-8-18(10-17)33-21-14-27-23-22(30-21)19(13-26-23)24(32)28-12-16-6-3-5-15(9-16)11-25/h2-10,13-14H,1,12H2,(H,26,27)(H,28,32)(H,29,31). The first-order valence-corrected chi connectivity index (χ1v) is 9.88. The summed E-state index contributed by atoms with van der Waals surface area (Å²) in [5, 5.41) is 14.5. The number of benzene rings is 2. The highest BCUT2D eigenvalue weighted by Crippen LogP contribution is 2.24. The molecule has 33 heavy (non-hydrogen) atoms. The maximum Gasteiger partial charge on any atom is 0.255 e. The molecule has 4 rings (SSSR count). The summed E-state index contributed by atoms with van der Waals surface area (Å²) in [6.07, 6.45) is 4.13. The Morgan fingerprint density at radius 1 is 1.21 bits per heavy atom. The van der Waals surface area contributed by atoms with Crippen LogP contribution in [0.2, 0.25) is 0 Å². The molecule has 0 aliphatic heterocycles. The van der Waals surface area contributed by atoms with Crippen molar-refractivity contribution >= 4 is 28.7 Å². The molecule has 0 bridgehead atoms. The minimum absolute atomic E-state index is 0.185. The molecular formula is C24H18N6O3. The van der Waals surface area contributed by atoms with Gasteiger partial charge >= 0.3 is 0 Å². The Balaban J connectivity index is 1.51. The second-order valence-corrected chi connectivity index (χ2v) is 6.93. The molecule has 0 spiro atoms. The van der Waals surface area contributed by atoms with Gasteiger partial charge in [-0.05, 0) is 35.9 Å². The van der Waals surface area contributed by atoms with E-state index in [1.807, 2.05) is 6.07 Å². The number of nitriles is 1. The first kappa shape index (κ1) is 21.3. The van der Waals surface area contributed by atoms with E-state index in [1.54, 1.807) is 42.5 Å². The molecule has 2 heterocycles. The number of aromatic amines is 1. The molecule has 0 aliphatic rings. The van der Waals surface area contributed by atoms with Crippen molar-refractivity contribution in [1.82, 2.24) is 20.3 Å². The number of ether oxygens (including phenoxy) is 1. The lowest BCUT2D eigenvalue weighted by molar-refractivity contribution is -0.111. The fourth-order valence-electron chi connectivity index (χ4n) is 3.08. The molecule has 0 fully saturated rings. The van der Waals surface area contributed by atoms with Crippen molar-refractivity contribution in [1.29, 1.82) is 5.26 Å². The Kier molecular flexibility index (Phi) is 6.09. The Bertz CT molecular complexity index is 1400. The van der Waals surface area contributed by atoms with E-state index in [-0.39, 0.29) is 24.2 Å². The maximum atomic E-state index is 12.7. The van der Waals surface area contributed by atoms with E-state index < -0.39 is 0 Å². The van der Waals surface area contributed by atoms with Crippen molar-refractivity contribution in [2.45, 2.75) is 6.54 Å². The number of nitrogens with zero attached hydrogens (tertiary/aromatic N) is 3. The smallest absolute Gasteiger partial charge is 0.255 e. The second kappa shape index (κ2) is 9.45. The Hall–Kier alpha value is -4.97. The molecule has 162 valence electrons. The number of H-pyrrole nitrogens is 1. The van der Waals surface area contributed by atoms with E-state index in [9.17, 15) is 9.59 Å². The third-order valence-electron chi connectivity index (χ3n) is 4.62. The highest BCUT2D eigenvalue weighted by molar-refractivity contribution is 6.04. The largest absolute Gasteiger partial charge is 0.437 e. The monoisotopic (exact) mass is 438 g/mol. The normalized spacial score (nSPS) is 10.3. The van der Waals surface area contributed by atoms with Crippen LogP contribution in [0, 0.1) is 11.3 Å². The van der Waals surface area contributed by atoms with Crippen molar-refractivity contribution in [2.24, 2.45) is 0 Å². The number of carbonyl (C=O) groups is 2. The minimum atomic E-state index is -0.343. The third kappa shape index (κ3) is 5.03. The third-order valence-corrected chi connectivity index (χ3v) is 4.62. The lowest BCUT2D eigenvalue weighted by Gasteiger charge is -2.08. The molecule has 0 unspecified atom stereocenters. The summed E-state index contributed by atoms with van der Waals surface area (Å²) in [4.78, 5) is 35.8. The molecule has 0 aliphatic carbocycles. The van der Waals surface area contributed by atoms with Gasteiger partial charge in [0.1, 0.15) is 11.3 Å². The molecule has 9 nitrogen and oxygen atoms in total. The highest BCUT2D eigenvalue weighted by Gasteiger charge is 2.15. The molecule has 0 radical (unpaired) electrons. The predicted molar refractivity (Wildman–Crippen MR) is 122 cm³/mol. The van der Waals surface area contributed by atoms with Gasteiger partial charge < -0.3 is 20.4 Å². The molecule has 2 aromatic heterocycles. The average molecular weight is 438 g/mol. The topological polar surface area (TPSA) is 133 Å². The zero-order valence-corrected chi connectivity index (χ0v) is 17.3. The van der Waals surface area contributed by atoms with Crippen LogP contribution in [-0.4, -0.2) is 26.8 Å². The van der Waals surface area contributed by atoms with E-state index in [0.717, 1.165) is 5.56 Å². The van der Waals surface area contributed by atoms with Gasteiger partial charge in [-0.25, -0.2) is 9.97 Å². The van der Waals surface area contributed by atoms with Gasteiger partial charge in [0.25, 0.3) is 5.91 Å². The van der Waals surface area contributed by atoms with Crippen molar-refractivity contribution < 1.29 is 14.3 Å². The number of hydrogen-bond acceptors (Lipinski definition) is 6. The predicted octanol–water partition coefficient (Wildman–Crippen LogP) is 3.68. The van der Waals surface area contributed by atoms with Gasteiger partial charge in [-0.15, -0.1) is 0 Å². The van der Waals surface area contributed by atoms with Crippen LogP contribution < -0.4 is 15.4 Å². The lowest BCUT2D eigenvalue weighted by Crippen LogP contribution is -2.22. The molecule has 9 heteroatoms. The SMILES string of the molecule is C=CC(=O)Nc1cccc(Oc2cnc3[nH]cc(C(=O)NCc4cccc(C#N)c4)c3n2)c1. The van der Waals surface area contributed by atoms with Crippen molar-refractivity contribution in [3.63, 3.8) is 0 Å². The van der Waals surface area contributed by atoms with Crippen LogP contribution in [0.15, 0.2) is 73.6 Å². The summed E-state index contributed by atoms with van der Waals surface area (Å²) >= 11 is 0. The molecular weight excluding hydrogens is 420 g/mol. The van der Waals surface area contributed by atoms with Gasteiger partial charge in [0, 0.05) is 24.5 Å². The summed E-state index contributed by atoms with van der Waals surface area (Å²) in [5.41, 5.74) is 2.97. The Labute approximate surface area is 188 Å². The van der Waals surface area contributed by atoms with Crippen LogP contribution >= 0.6 is 0 Å². The zero-order chi connectivity index (χ0) is 23.2. The van der Waals surface area contributed by atoms with Crippen LogP contribution in [0.25, 0.3) is 11.2 Å². The maximum absolute atomic E-state index is 12.7. The first-order valence-electron chi connectivity index (χ1n) is 9.88. The van der Waals surface area contributed by atoms with E-state index in [4.69, 9.17) is 10.00 Å². The van der Waals surface area contributed by atoms with Gasteiger partial charge in [-0.3, -0.25) is 9.59 Å². The van der Waals surface area contributed by atoms with E-state index in [2.05, 4.69) is 38.2 Å². The summed E-state index contributed by atoms with van der Waals surface area (Å²) in [6.45, 7) is 3.68. The van der Waals surface area contributed by atoms with E-state index in [0.29, 0.717) is 33.7 Å². The van der Waals surface area contributed by atoms with Crippen LogP contribution in [0.4, 0.5) is 5.69 Å². The lowest BCUT2D eigenvalue weighted by atomic mass is 10.1. The summed E-state index contributed by atoms with van der Waals surface area (Å²) in [7, 11) is 0. The number of amides is 2. The molecule has 4 aromatic rings. The zero-order valence-electron chi connectivity index (χ0n) is 17.3. The van der Waals surface area contributed by atoms with Crippen LogP contribution in [0.1, 0.15) is 21.5 Å². The summed E-state index contributed by atoms with van der Waals surface area (Å²) < 4.78 is 5.77. The number of aromatic nitrogens is 3. The number of rotatable bonds is 7. The van der Waals surface area contributed by atoms with E-state index >= 15 is 0 Å². The van der Waals surface area contributed by atoms with Gasteiger partial charge in [0.05, 0.1) is 23.4 Å². The van der Waals surface area contributed by atoms with Crippen LogP contribution in [0.5, 0.6) is 11.6 Å². The van der Waals surface area contributed by atoms with Crippen LogP contribution in [0.3, 0.4) is 0 Å². The highest BCUT2D eigenvalue weighted by atomic mass is 16.5. The summed E-state index contributed by atoms with van der Waals surface area (Å²) in [5.74, 6) is -0.0608. The molecule has 0 atom stereocenters. The molecule has 2 aromatic carbocycles. The molecule has 0 saturated heterocycles. The van der Waals surface area contributed by atoms with Gasteiger partial charge in [-0.1, -0.05) is 24.8 Å². The van der Waals surface area contributed by atoms with Crippen LogP contribution in [-0.2, 0) is 11.3 Å². The minimum Gasteiger partial charge on any atom is -0.437 e. The number of nitrogens with one attached hydrogen (secondary N) is 3. The van der Waals surface area contributed by atoms with Crippen molar-refractivity contribution in [2.75, 3.05) is 5.32 Å². The molecule has 0 saturated carbocycles. The Morgan fingerprint density at radius 3 is 2.88 bits per heavy atom. The first-order chi connectivity index (χ1) is 16.1. The molecule has 3 N–H and O–H groups in total. The fraction of sp³-hybridized carbons (Fsp3) is 0.0417. The quantitative estimate of drug-likeness (QED) is 0.377. The fourth-order valence-corrected chi connectivity index (χ4v) is 3.08. The average Bonchev–Trinajstić information content (AvgIpc) is 3.26. The second-order valence-electron chi connectivity index (χ2n) is 6.93. The number of hydrogen-bond donors (Lipinski definition) is 3. The molecule has 2 amide bonds. The van der Waals surface area contributed by atoms with Gasteiger partial charge in [-0.2, -0.15) is 5.26 Å². The Morgan fingerprint density at radius 2 is 2.06 bits per heavy atom. The van der Waals surface area contributed by atoms with Crippen molar-refractivity contribution in [3.05, 3.63) is 90.3 Å². The van der Waals surface area contributed by atoms with E-state index in [1.165, 1.54) is 18.5 Å². The van der Waals surface area contributed by atoms with Gasteiger partial charge in [0.2, 0.25) is 11.8 Å². The summed E-state index contributed by atoms with van der Waals surface area (Å²) in [6, 6.07) is 15.8. The number of fused-ring (bicyclic) bond motifs is 1. The number of anilines is 1. The number of carbonyl (C=O) groups excluding carboxylic acids is 2. The van der Waals surface area contributed by atoms with Gasteiger partial charge in [0.15, 0.2) is 5.65 Å². The van der Waals surface area contributed by atoms with Crippen molar-refractivity contribution in [3.8, 4) is 17.7 Å².